The lowest BCUT2D eigenvalue weighted by atomic mass is 10.0. The number of nitrogens with two attached hydrogens (primary N) is 1. The fraction of sp³-hybridized carbons (Fsp3) is 0.258. The molecular weight excluding hydrogens is 627 g/mol. The minimum absolute atomic E-state index is 0.0122. The van der Waals surface area contributed by atoms with E-state index in [0.29, 0.717) is 28.0 Å². The number of anilines is 1. The van der Waals surface area contributed by atoms with Crippen LogP contribution in [0.1, 0.15) is 32.6 Å². The van der Waals surface area contributed by atoms with Crippen LogP contribution in [0.2, 0.25) is 0 Å². The first-order valence-electron chi connectivity index (χ1n) is 14.1. The quantitative estimate of drug-likeness (QED) is 0.242. The summed E-state index contributed by atoms with van der Waals surface area (Å²) >= 11 is 0. The number of ketones is 1. The van der Waals surface area contributed by atoms with E-state index in [4.69, 9.17) is 19.9 Å². The molecule has 0 bridgehead atoms. The molecule has 4 aromatic rings. The zero-order chi connectivity index (χ0) is 32.6. The Labute approximate surface area is 262 Å². The van der Waals surface area contributed by atoms with Crippen molar-refractivity contribution < 1.29 is 40.6 Å². The van der Waals surface area contributed by atoms with Crippen LogP contribution in [0, 0.1) is 12.7 Å². The van der Waals surface area contributed by atoms with E-state index in [1.807, 2.05) is 0 Å². The third-order valence-corrected chi connectivity index (χ3v) is 9.46. The zero-order valence-electron chi connectivity index (χ0n) is 24.5. The second-order valence-electron chi connectivity index (χ2n) is 10.7. The maximum atomic E-state index is 14.0. The van der Waals surface area contributed by atoms with Crippen LogP contribution in [0.3, 0.4) is 0 Å². The summed E-state index contributed by atoms with van der Waals surface area (Å²) in [6.07, 6.45) is 4.40. The molecule has 0 amide bonds. The summed E-state index contributed by atoms with van der Waals surface area (Å²) < 4.78 is 84.8. The van der Waals surface area contributed by atoms with Gasteiger partial charge in [-0.15, -0.1) is 0 Å². The number of benzene rings is 2. The van der Waals surface area contributed by atoms with Gasteiger partial charge in [0.15, 0.2) is 17.3 Å². The summed E-state index contributed by atoms with van der Waals surface area (Å²) in [7, 11) is -3.85. The number of halogens is 3. The van der Waals surface area contributed by atoms with Gasteiger partial charge < -0.3 is 19.9 Å². The molecule has 2 aliphatic rings. The molecule has 0 unspecified atom stereocenters. The van der Waals surface area contributed by atoms with Gasteiger partial charge in [0.2, 0.25) is 15.9 Å². The average molecular weight is 656 g/mol. The summed E-state index contributed by atoms with van der Waals surface area (Å²) in [5.41, 5.74) is 8.95. The van der Waals surface area contributed by atoms with Crippen molar-refractivity contribution in [1.82, 2.24) is 19.1 Å². The molecule has 11 nitrogen and oxygen atoms in total. The number of nitrogen functional groups attached to an aromatic ring is 1. The fourth-order valence-electron chi connectivity index (χ4n) is 5.34. The highest BCUT2D eigenvalue weighted by molar-refractivity contribution is 7.88. The average Bonchev–Trinajstić information content (AvgIpc) is 3.61. The minimum atomic E-state index is -3.85. The Kier molecular flexibility index (Phi) is 8.55. The van der Waals surface area contributed by atoms with Gasteiger partial charge in [0.25, 0.3) is 0 Å². The first kappa shape index (κ1) is 31.3. The first-order valence-corrected chi connectivity index (χ1v) is 15.8. The van der Waals surface area contributed by atoms with Gasteiger partial charge in [0, 0.05) is 36.7 Å². The number of sulfonamides is 1. The number of carbonyl (C=O) groups excluding carboxylic acids is 1. The molecule has 0 spiro atoms. The van der Waals surface area contributed by atoms with E-state index < -0.39 is 34.0 Å². The van der Waals surface area contributed by atoms with Crippen LogP contribution >= 0.6 is 0 Å². The van der Waals surface area contributed by atoms with Crippen LogP contribution in [0.25, 0.3) is 11.8 Å². The van der Waals surface area contributed by atoms with Crippen LogP contribution in [0.15, 0.2) is 60.4 Å². The lowest BCUT2D eigenvalue weighted by Crippen LogP contribution is -2.41. The summed E-state index contributed by atoms with van der Waals surface area (Å²) in [6.45, 7) is -0.629. The molecule has 1 saturated heterocycles. The summed E-state index contributed by atoms with van der Waals surface area (Å²) in [6, 6.07) is 10.3. The van der Waals surface area contributed by atoms with Crippen molar-refractivity contribution in [3.8, 4) is 23.1 Å². The molecule has 0 saturated carbocycles. The number of hydrogen-bond donors (Lipinski definition) is 1. The van der Waals surface area contributed by atoms with Crippen LogP contribution < -0.4 is 15.2 Å². The molecule has 0 atom stereocenters. The Morgan fingerprint density at radius 3 is 2.59 bits per heavy atom. The van der Waals surface area contributed by atoms with E-state index in [1.54, 1.807) is 25.1 Å². The maximum Gasteiger partial charge on any atom is 0.387 e. The molecule has 2 aromatic heterocycles. The zero-order valence-corrected chi connectivity index (χ0v) is 25.3. The Balaban J connectivity index is 1.23. The third kappa shape index (κ3) is 6.34. The van der Waals surface area contributed by atoms with Crippen molar-refractivity contribution in [2.45, 2.75) is 25.7 Å². The Bertz CT molecular complexity index is 1960. The molecule has 46 heavy (non-hydrogen) atoms. The molecule has 2 aromatic carbocycles. The molecule has 6 rings (SSSR count). The van der Waals surface area contributed by atoms with Crippen LogP contribution in [0.4, 0.5) is 19.0 Å². The molecule has 1 aliphatic carbocycles. The molecule has 15 heteroatoms. The first-order chi connectivity index (χ1) is 22.0. The number of Topliss-reactive ketones (excluding diaryl/α,β-unsaturated/α-hetero) is 1. The standard InChI is InChI=1S/C31H28F3N5O6S/c1-18-10-28(44-26-5-3-2-4-24(26)32)36-16-25(18)39-30(35)23(15-37-39)29(40)21-11-19-13-22(27(45-31(33)34)14-20(19)12-21)17-46(41,42)38-6-8-43-9-7-38/h2-5,10,12-16,31H,6-9,11,17,35H2,1H3. The summed E-state index contributed by atoms with van der Waals surface area (Å²) in [5, 5.41) is 4.28. The number of alkyl halides is 2. The number of aromatic nitrogens is 3. The topological polar surface area (TPSA) is 139 Å². The highest BCUT2D eigenvalue weighted by Gasteiger charge is 2.30. The van der Waals surface area contributed by atoms with Crippen LogP contribution in [-0.4, -0.2) is 66.2 Å². The van der Waals surface area contributed by atoms with Gasteiger partial charge in [-0.1, -0.05) is 18.2 Å². The maximum absolute atomic E-state index is 14.0. The number of morpholine rings is 1. The number of rotatable bonds is 10. The SMILES string of the molecule is Cc1cc(Oc2ccccc2F)ncc1-n1ncc(C(=O)C2=Cc3cc(OC(F)F)c(CS(=O)(=O)N4CCOCC4)cc3C2)c1N. The van der Waals surface area contributed by atoms with Gasteiger partial charge >= 0.3 is 6.61 Å². The van der Waals surface area contributed by atoms with Crippen molar-refractivity contribution in [3.05, 3.63) is 94.1 Å². The predicted octanol–water partition coefficient (Wildman–Crippen LogP) is 4.68. The second-order valence-corrected chi connectivity index (χ2v) is 12.6. The van der Waals surface area contributed by atoms with Gasteiger partial charge in [0.1, 0.15) is 11.6 Å². The van der Waals surface area contributed by atoms with Crippen molar-refractivity contribution in [2.24, 2.45) is 0 Å². The fourth-order valence-corrected chi connectivity index (χ4v) is 6.84. The Hall–Kier alpha value is -4.73. The Morgan fingerprint density at radius 1 is 1.11 bits per heavy atom. The molecule has 1 aliphatic heterocycles. The molecule has 2 N–H and O–H groups in total. The van der Waals surface area contributed by atoms with Gasteiger partial charge in [0.05, 0.1) is 42.6 Å². The van der Waals surface area contributed by atoms with Gasteiger partial charge in [-0.05, 0) is 47.9 Å². The Morgan fingerprint density at radius 2 is 1.87 bits per heavy atom. The van der Waals surface area contributed by atoms with Crippen LogP contribution in [-0.2, 0) is 26.9 Å². The summed E-state index contributed by atoms with van der Waals surface area (Å²) in [5.74, 6) is -1.62. The molecule has 240 valence electrons. The minimum Gasteiger partial charge on any atom is -0.436 e. The van der Waals surface area contributed by atoms with E-state index in [-0.39, 0.29) is 67.0 Å². The molecule has 3 heterocycles. The number of carbonyl (C=O) groups is 1. The second kappa shape index (κ2) is 12.6. The molecule has 0 radical (unpaired) electrons. The van der Waals surface area contributed by atoms with Gasteiger partial charge in [-0.25, -0.2) is 22.5 Å². The number of pyridine rings is 1. The van der Waals surface area contributed by atoms with E-state index in [1.165, 1.54) is 51.7 Å². The van der Waals surface area contributed by atoms with E-state index in [2.05, 4.69) is 10.1 Å². The third-order valence-electron chi connectivity index (χ3n) is 7.63. The van der Waals surface area contributed by atoms with Crippen molar-refractivity contribution in [1.29, 1.82) is 0 Å². The highest BCUT2D eigenvalue weighted by Crippen LogP contribution is 2.36. The van der Waals surface area contributed by atoms with E-state index in [0.717, 1.165) is 0 Å². The van der Waals surface area contributed by atoms with Gasteiger partial charge in [-0.3, -0.25) is 4.79 Å². The molecular formula is C31H28F3N5O6S. The monoisotopic (exact) mass is 655 g/mol. The number of nitrogens with zero attached hydrogens (tertiary/aromatic N) is 4. The number of allylic oxidation sites excluding steroid dienone is 1. The number of fused-ring (bicyclic) bond motifs is 1. The number of ether oxygens (including phenoxy) is 3. The van der Waals surface area contributed by atoms with Crippen molar-refractivity contribution in [3.63, 3.8) is 0 Å². The van der Waals surface area contributed by atoms with Crippen LogP contribution in [0.5, 0.6) is 17.4 Å². The summed E-state index contributed by atoms with van der Waals surface area (Å²) in [4.78, 5) is 17.8. The van der Waals surface area contributed by atoms with E-state index in [9.17, 15) is 26.4 Å². The predicted molar refractivity (Wildman–Crippen MR) is 161 cm³/mol. The normalized spacial score (nSPS) is 15.1. The van der Waals surface area contributed by atoms with Crippen molar-refractivity contribution in [2.75, 3.05) is 32.0 Å². The lowest BCUT2D eigenvalue weighted by Gasteiger charge is -2.26. The van der Waals surface area contributed by atoms with Gasteiger partial charge in [-0.2, -0.15) is 18.2 Å². The largest absolute Gasteiger partial charge is 0.436 e. The highest BCUT2D eigenvalue weighted by atomic mass is 32.2. The molecule has 1 fully saturated rings. The number of aryl methyl sites for hydroxylation is 1. The van der Waals surface area contributed by atoms with E-state index >= 15 is 0 Å². The lowest BCUT2D eigenvalue weighted by molar-refractivity contribution is -0.0503. The number of para-hydroxylation sites is 1. The smallest absolute Gasteiger partial charge is 0.387 e. The number of hydrogen-bond acceptors (Lipinski definition) is 9. The van der Waals surface area contributed by atoms with Crippen molar-refractivity contribution >= 4 is 27.7 Å².